The molecule has 0 aliphatic rings. The molecule has 2 aromatic rings. The fourth-order valence-corrected chi connectivity index (χ4v) is 1.47. The number of pyridine rings is 2. The van der Waals surface area contributed by atoms with Crippen LogP contribution in [0.15, 0.2) is 42.7 Å². The van der Waals surface area contributed by atoms with Gasteiger partial charge in [0, 0.05) is 12.3 Å². The van der Waals surface area contributed by atoms with E-state index in [-0.39, 0.29) is 17.0 Å². The van der Waals surface area contributed by atoms with E-state index in [9.17, 15) is 0 Å². The molecule has 2 N–H and O–H groups in total. The molecule has 0 atom stereocenters. The Morgan fingerprint density at radius 3 is 2.75 bits per heavy atom. The van der Waals surface area contributed by atoms with Crippen LogP contribution in [0.3, 0.4) is 0 Å². The molecule has 3 nitrogen and oxygen atoms in total. The quantitative estimate of drug-likeness (QED) is 0.667. The van der Waals surface area contributed by atoms with E-state index in [0.717, 1.165) is 11.5 Å². The number of aryl methyl sites for hydroxylation is 1. The summed E-state index contributed by atoms with van der Waals surface area (Å²) in [6, 6.07) is 9.88. The summed E-state index contributed by atoms with van der Waals surface area (Å²) in [6.45, 7) is 2.74. The maximum Gasteiger partial charge on any atom is 0.272 e. The van der Waals surface area contributed by atoms with Gasteiger partial charge in [-0.15, -0.1) is 0 Å². The van der Waals surface area contributed by atoms with Gasteiger partial charge in [-0.2, -0.15) is 0 Å². The van der Waals surface area contributed by atoms with Gasteiger partial charge in [0.1, 0.15) is 6.54 Å². The summed E-state index contributed by atoms with van der Waals surface area (Å²) < 4.78 is 1.98. The molecule has 2 rings (SSSR count). The Morgan fingerprint density at radius 1 is 1.31 bits per heavy atom. The molecular weight excluding hydrogens is 266 g/mol. The first kappa shape index (κ1) is 12.6. The Hall–Kier alpha value is -1.42. The summed E-state index contributed by atoms with van der Waals surface area (Å²) in [7, 11) is 0. The highest BCUT2D eigenvalue weighted by Gasteiger charge is 2.05. The molecule has 0 amide bonds. The van der Waals surface area contributed by atoms with E-state index in [4.69, 9.17) is 5.73 Å². The SMILES string of the molecule is Cc1cc[n+](Cc2ccccn2)c(N)c1.[Br-]. The van der Waals surface area contributed by atoms with Gasteiger partial charge in [-0.25, -0.2) is 4.57 Å². The summed E-state index contributed by atoms with van der Waals surface area (Å²) in [5.74, 6) is 0.764. The van der Waals surface area contributed by atoms with E-state index in [0.29, 0.717) is 6.54 Å². The smallest absolute Gasteiger partial charge is 0.272 e. The lowest BCUT2D eigenvalue weighted by atomic mass is 10.3. The average Bonchev–Trinajstić information content (AvgIpc) is 2.24. The third kappa shape index (κ3) is 3.03. The number of nitrogens with two attached hydrogens (primary N) is 1. The van der Waals surface area contributed by atoms with Crippen molar-refractivity contribution in [2.75, 3.05) is 5.73 Å². The van der Waals surface area contributed by atoms with Gasteiger partial charge in [-0.3, -0.25) is 10.7 Å². The van der Waals surface area contributed by atoms with Gasteiger partial charge < -0.3 is 17.0 Å². The molecule has 0 aliphatic carbocycles. The molecule has 84 valence electrons. The molecule has 2 aromatic heterocycles. The monoisotopic (exact) mass is 279 g/mol. The molecule has 0 aromatic carbocycles. The molecular formula is C12H14BrN3. The fraction of sp³-hybridized carbons (Fsp3) is 0.167. The molecule has 4 heteroatoms. The van der Waals surface area contributed by atoms with Crippen molar-refractivity contribution in [1.29, 1.82) is 0 Å². The van der Waals surface area contributed by atoms with E-state index in [1.807, 2.05) is 48.0 Å². The summed E-state index contributed by atoms with van der Waals surface area (Å²) in [5, 5.41) is 0. The van der Waals surface area contributed by atoms with Crippen molar-refractivity contribution in [2.45, 2.75) is 13.5 Å². The molecule has 0 aliphatic heterocycles. The van der Waals surface area contributed by atoms with Crippen molar-refractivity contribution in [2.24, 2.45) is 0 Å². The maximum atomic E-state index is 5.90. The Balaban J connectivity index is 0.00000128. The summed E-state index contributed by atoms with van der Waals surface area (Å²) >= 11 is 0. The molecule has 0 radical (unpaired) electrons. The predicted molar refractivity (Wildman–Crippen MR) is 59.1 cm³/mol. The van der Waals surface area contributed by atoms with E-state index >= 15 is 0 Å². The number of nitrogens with zero attached hydrogens (tertiary/aromatic N) is 2. The average molecular weight is 280 g/mol. The van der Waals surface area contributed by atoms with Crippen molar-refractivity contribution >= 4 is 5.82 Å². The first-order valence-electron chi connectivity index (χ1n) is 4.91. The minimum atomic E-state index is 0. The van der Waals surface area contributed by atoms with Gasteiger partial charge in [-0.05, 0) is 30.7 Å². The zero-order valence-electron chi connectivity index (χ0n) is 9.10. The normalized spacial score (nSPS) is 9.56. The van der Waals surface area contributed by atoms with Crippen LogP contribution in [0.25, 0.3) is 0 Å². The van der Waals surface area contributed by atoms with Crippen molar-refractivity contribution in [1.82, 2.24) is 4.98 Å². The van der Waals surface area contributed by atoms with Crippen LogP contribution in [0.4, 0.5) is 5.82 Å². The Kier molecular flexibility index (Phi) is 4.43. The molecule has 0 spiro atoms. The van der Waals surface area contributed by atoms with E-state index < -0.39 is 0 Å². The van der Waals surface area contributed by atoms with Gasteiger partial charge in [0.25, 0.3) is 5.82 Å². The van der Waals surface area contributed by atoms with Crippen LogP contribution in [-0.2, 0) is 6.54 Å². The zero-order valence-corrected chi connectivity index (χ0v) is 10.7. The van der Waals surface area contributed by atoms with Crippen LogP contribution in [0, 0.1) is 6.92 Å². The third-order valence-corrected chi connectivity index (χ3v) is 2.28. The number of hydrogen-bond donors (Lipinski definition) is 1. The number of rotatable bonds is 2. The van der Waals surface area contributed by atoms with Crippen LogP contribution >= 0.6 is 0 Å². The van der Waals surface area contributed by atoms with Crippen LogP contribution in [0.1, 0.15) is 11.3 Å². The highest BCUT2D eigenvalue weighted by atomic mass is 79.9. The first-order valence-corrected chi connectivity index (χ1v) is 4.91. The van der Waals surface area contributed by atoms with Gasteiger partial charge in [0.05, 0.1) is 11.9 Å². The standard InChI is InChI=1S/C12H13N3.BrH/c1-10-5-7-15(12(13)8-10)9-11-4-2-3-6-14-11;/h2-8,13H,9H2,1H3;1H. The second-order valence-electron chi connectivity index (χ2n) is 3.58. The number of aromatic nitrogens is 2. The number of anilines is 1. The second-order valence-corrected chi connectivity index (χ2v) is 3.58. The fourth-order valence-electron chi connectivity index (χ4n) is 1.47. The van der Waals surface area contributed by atoms with Crippen molar-refractivity contribution in [3.8, 4) is 0 Å². The van der Waals surface area contributed by atoms with E-state index in [1.54, 1.807) is 6.20 Å². The minimum absolute atomic E-state index is 0. The number of hydrogen-bond acceptors (Lipinski definition) is 2. The summed E-state index contributed by atoms with van der Waals surface area (Å²) in [6.07, 6.45) is 3.78. The topological polar surface area (TPSA) is 42.8 Å². The zero-order chi connectivity index (χ0) is 10.7. The summed E-state index contributed by atoms with van der Waals surface area (Å²) in [5.41, 5.74) is 8.09. The molecule has 16 heavy (non-hydrogen) atoms. The first-order chi connectivity index (χ1) is 7.25. The Labute approximate surface area is 106 Å². The summed E-state index contributed by atoms with van der Waals surface area (Å²) in [4.78, 5) is 4.26. The highest BCUT2D eigenvalue weighted by molar-refractivity contribution is 5.25. The molecule has 0 bridgehead atoms. The van der Waals surface area contributed by atoms with E-state index in [2.05, 4.69) is 4.98 Å². The molecule has 0 saturated carbocycles. The van der Waals surface area contributed by atoms with Crippen molar-refractivity contribution in [3.63, 3.8) is 0 Å². The largest absolute Gasteiger partial charge is 1.00 e. The number of nitrogen functional groups attached to an aromatic ring is 1. The van der Waals surface area contributed by atoms with Crippen LogP contribution in [0.2, 0.25) is 0 Å². The Bertz CT molecular complexity index is 457. The second kappa shape index (κ2) is 5.61. The Morgan fingerprint density at radius 2 is 2.12 bits per heavy atom. The molecule has 0 fully saturated rings. The van der Waals surface area contributed by atoms with Gasteiger partial charge in [0.2, 0.25) is 0 Å². The minimum Gasteiger partial charge on any atom is -1.00 e. The molecule has 2 heterocycles. The van der Waals surface area contributed by atoms with Crippen LogP contribution in [-0.4, -0.2) is 4.98 Å². The lowest BCUT2D eigenvalue weighted by Crippen LogP contribution is -3.00. The molecule has 0 unspecified atom stereocenters. The number of halogens is 1. The lowest BCUT2D eigenvalue weighted by molar-refractivity contribution is -0.674. The third-order valence-electron chi connectivity index (χ3n) is 2.28. The molecule has 0 saturated heterocycles. The van der Waals surface area contributed by atoms with Gasteiger partial charge >= 0.3 is 0 Å². The predicted octanol–water partition coefficient (Wildman–Crippen LogP) is -1.69. The van der Waals surface area contributed by atoms with Crippen molar-refractivity contribution < 1.29 is 21.5 Å². The highest BCUT2D eigenvalue weighted by Crippen LogP contribution is 2.00. The van der Waals surface area contributed by atoms with E-state index in [1.165, 1.54) is 5.56 Å². The lowest BCUT2D eigenvalue weighted by Gasteiger charge is -2.03. The van der Waals surface area contributed by atoms with Gasteiger partial charge in [-0.1, -0.05) is 6.07 Å². The van der Waals surface area contributed by atoms with Crippen LogP contribution in [0.5, 0.6) is 0 Å². The maximum absolute atomic E-state index is 5.90. The van der Waals surface area contributed by atoms with Gasteiger partial charge in [0.15, 0.2) is 0 Å². The van der Waals surface area contributed by atoms with Crippen LogP contribution < -0.4 is 27.3 Å². The van der Waals surface area contributed by atoms with Crippen molar-refractivity contribution in [3.05, 3.63) is 54.0 Å².